The largest absolute Gasteiger partial charge is 0.328 e. The van der Waals surface area contributed by atoms with Gasteiger partial charge in [-0.2, -0.15) is 0 Å². The van der Waals surface area contributed by atoms with Crippen molar-refractivity contribution < 1.29 is 0 Å². The van der Waals surface area contributed by atoms with Gasteiger partial charge in [0.2, 0.25) is 0 Å². The van der Waals surface area contributed by atoms with Crippen molar-refractivity contribution in [3.63, 3.8) is 0 Å². The maximum absolute atomic E-state index is 11.5. The van der Waals surface area contributed by atoms with Crippen molar-refractivity contribution >= 4 is 34.8 Å². The molecule has 0 saturated heterocycles. The molecule has 2 aromatic heterocycles. The minimum atomic E-state index is -0.636. The van der Waals surface area contributed by atoms with Crippen LogP contribution in [0.1, 0.15) is 5.69 Å². The van der Waals surface area contributed by atoms with Gasteiger partial charge in [0.25, 0.3) is 5.56 Å². The molecule has 1 N–H and O–H groups in total. The van der Waals surface area contributed by atoms with Gasteiger partial charge in [0.05, 0.1) is 17.3 Å². The van der Waals surface area contributed by atoms with E-state index in [1.807, 2.05) is 0 Å². The molecule has 8 heteroatoms. The lowest BCUT2D eigenvalue weighted by molar-refractivity contribution is 0.705. The summed E-state index contributed by atoms with van der Waals surface area (Å²) in [7, 11) is 0. The van der Waals surface area contributed by atoms with E-state index in [-0.39, 0.29) is 16.7 Å². The topological polar surface area (TPSA) is 67.8 Å². The molecule has 0 saturated carbocycles. The molecule has 5 nitrogen and oxygen atoms in total. The zero-order chi connectivity index (χ0) is 13.3. The number of nitrogens with one attached hydrogen (secondary N) is 1. The molecule has 0 aromatic carbocycles. The second kappa shape index (κ2) is 5.14. The zero-order valence-electron chi connectivity index (χ0n) is 8.78. The van der Waals surface area contributed by atoms with Crippen molar-refractivity contribution in [1.82, 2.24) is 14.5 Å². The molecule has 0 fully saturated rings. The molecule has 2 heterocycles. The van der Waals surface area contributed by atoms with Crippen LogP contribution in [0.3, 0.4) is 0 Å². The lowest BCUT2D eigenvalue weighted by Crippen LogP contribution is -2.30. The number of halogens is 3. The Kier molecular flexibility index (Phi) is 3.75. The summed E-state index contributed by atoms with van der Waals surface area (Å²) in [6.07, 6.45) is 1.22. The summed E-state index contributed by atoms with van der Waals surface area (Å²) in [6.45, 7) is 0.0642. The molecule has 2 aromatic rings. The van der Waals surface area contributed by atoms with Gasteiger partial charge < -0.3 is 0 Å². The minimum Gasteiger partial charge on any atom is -0.293 e. The van der Waals surface area contributed by atoms with Crippen molar-refractivity contribution in [2.45, 2.75) is 6.54 Å². The lowest BCUT2D eigenvalue weighted by Gasteiger charge is -2.06. The molecule has 2 rings (SSSR count). The number of nitrogens with zero attached hydrogens (tertiary/aromatic N) is 2. The second-order valence-electron chi connectivity index (χ2n) is 3.43. The first kappa shape index (κ1) is 13.1. The van der Waals surface area contributed by atoms with Crippen LogP contribution in [0.5, 0.6) is 0 Å². The van der Waals surface area contributed by atoms with E-state index in [1.54, 1.807) is 6.07 Å². The molecule has 0 amide bonds. The Morgan fingerprint density at radius 3 is 2.61 bits per heavy atom. The Morgan fingerprint density at radius 2 is 1.89 bits per heavy atom. The predicted molar refractivity (Wildman–Crippen MR) is 69.7 cm³/mol. The van der Waals surface area contributed by atoms with Gasteiger partial charge in [-0.3, -0.25) is 14.3 Å². The van der Waals surface area contributed by atoms with Crippen molar-refractivity contribution in [3.8, 4) is 0 Å². The highest BCUT2D eigenvalue weighted by molar-refractivity contribution is 6.32. The number of H-pyrrole nitrogens is 1. The van der Waals surface area contributed by atoms with Gasteiger partial charge in [0.15, 0.2) is 0 Å². The van der Waals surface area contributed by atoms with Gasteiger partial charge in [-0.15, -0.1) is 0 Å². The molecule has 18 heavy (non-hydrogen) atoms. The van der Waals surface area contributed by atoms with E-state index >= 15 is 0 Å². The molecule has 0 unspecified atom stereocenters. The first-order valence-electron chi connectivity index (χ1n) is 4.77. The maximum atomic E-state index is 11.5. The van der Waals surface area contributed by atoms with Gasteiger partial charge in [0, 0.05) is 6.20 Å². The Bertz CT molecular complexity index is 708. The minimum absolute atomic E-state index is 0.0642. The normalized spacial score (nSPS) is 10.6. The fraction of sp³-hybridized carbons (Fsp3) is 0.100. The summed E-state index contributed by atoms with van der Waals surface area (Å²) in [4.78, 5) is 28.7. The van der Waals surface area contributed by atoms with Crippen LogP contribution >= 0.6 is 34.8 Å². The van der Waals surface area contributed by atoms with E-state index in [1.165, 1.54) is 16.8 Å². The SMILES string of the molecule is O=c1[nH]c(=O)n(Cc2nc(Cl)ccc2Cl)cc1Cl. The van der Waals surface area contributed by atoms with Gasteiger partial charge in [0.1, 0.15) is 10.2 Å². The number of rotatable bonds is 2. The Morgan fingerprint density at radius 1 is 1.17 bits per heavy atom. The third kappa shape index (κ3) is 2.75. The summed E-state index contributed by atoms with van der Waals surface area (Å²) in [5.74, 6) is 0. The molecule has 0 spiro atoms. The van der Waals surface area contributed by atoms with E-state index in [0.29, 0.717) is 10.7 Å². The van der Waals surface area contributed by atoms with Crippen LogP contribution in [-0.2, 0) is 6.54 Å². The summed E-state index contributed by atoms with van der Waals surface area (Å²) in [5.41, 5.74) is -0.820. The van der Waals surface area contributed by atoms with Crippen LogP contribution in [0.2, 0.25) is 15.2 Å². The van der Waals surface area contributed by atoms with Crippen LogP contribution in [0.25, 0.3) is 0 Å². The molecule has 0 radical (unpaired) electrons. The smallest absolute Gasteiger partial charge is 0.293 e. The summed E-state index contributed by atoms with van der Waals surface area (Å²) < 4.78 is 1.19. The van der Waals surface area contributed by atoms with E-state index in [0.717, 1.165) is 0 Å². The van der Waals surface area contributed by atoms with Crippen LogP contribution in [0.15, 0.2) is 27.9 Å². The van der Waals surface area contributed by atoms with Crippen LogP contribution in [-0.4, -0.2) is 14.5 Å². The number of aromatic nitrogens is 3. The standard InChI is InChI=1S/C10H6Cl3N3O2/c11-5-1-2-8(13)14-7(5)4-16-3-6(12)9(17)15-10(16)18/h1-3H,4H2,(H,15,17,18). The first-order valence-corrected chi connectivity index (χ1v) is 5.91. The van der Waals surface area contributed by atoms with E-state index in [9.17, 15) is 9.59 Å². The molecule has 0 bridgehead atoms. The molecule has 0 aliphatic heterocycles. The molecule has 94 valence electrons. The molecule has 0 aliphatic carbocycles. The zero-order valence-corrected chi connectivity index (χ0v) is 11.1. The second-order valence-corrected chi connectivity index (χ2v) is 4.63. The monoisotopic (exact) mass is 305 g/mol. The number of hydrogen-bond donors (Lipinski definition) is 1. The van der Waals surface area contributed by atoms with Gasteiger partial charge >= 0.3 is 5.69 Å². The summed E-state index contributed by atoms with van der Waals surface area (Å²) in [6, 6.07) is 3.11. The van der Waals surface area contributed by atoms with Crippen LogP contribution in [0.4, 0.5) is 0 Å². The van der Waals surface area contributed by atoms with Gasteiger partial charge in [-0.05, 0) is 12.1 Å². The first-order chi connectivity index (χ1) is 8.47. The average Bonchev–Trinajstić information content (AvgIpc) is 2.30. The maximum Gasteiger partial charge on any atom is 0.328 e. The Balaban J connectivity index is 2.46. The third-order valence-electron chi connectivity index (χ3n) is 2.17. The van der Waals surface area contributed by atoms with E-state index < -0.39 is 11.2 Å². The highest BCUT2D eigenvalue weighted by Crippen LogP contribution is 2.17. The fourth-order valence-electron chi connectivity index (χ4n) is 1.33. The van der Waals surface area contributed by atoms with Gasteiger partial charge in [-0.1, -0.05) is 34.8 Å². The van der Waals surface area contributed by atoms with Gasteiger partial charge in [-0.25, -0.2) is 9.78 Å². The Labute approximate surface area is 116 Å². The summed E-state index contributed by atoms with van der Waals surface area (Å²) >= 11 is 17.3. The van der Waals surface area contributed by atoms with Crippen molar-refractivity contribution in [2.75, 3.05) is 0 Å². The highest BCUT2D eigenvalue weighted by Gasteiger charge is 2.07. The average molecular weight is 307 g/mol. The molecule has 0 atom stereocenters. The summed E-state index contributed by atoms with van der Waals surface area (Å²) in [5, 5.41) is 0.541. The van der Waals surface area contributed by atoms with Crippen molar-refractivity contribution in [1.29, 1.82) is 0 Å². The number of hydrogen-bond acceptors (Lipinski definition) is 3. The fourth-order valence-corrected chi connectivity index (χ4v) is 1.83. The molecule has 0 aliphatic rings. The van der Waals surface area contributed by atoms with E-state index in [2.05, 4.69) is 9.97 Å². The molecular formula is C10H6Cl3N3O2. The van der Waals surface area contributed by atoms with Crippen molar-refractivity contribution in [3.05, 3.63) is 60.1 Å². The highest BCUT2D eigenvalue weighted by atomic mass is 35.5. The quantitative estimate of drug-likeness (QED) is 0.862. The lowest BCUT2D eigenvalue weighted by atomic mass is 10.3. The number of aromatic amines is 1. The van der Waals surface area contributed by atoms with E-state index in [4.69, 9.17) is 34.8 Å². The third-order valence-corrected chi connectivity index (χ3v) is 3.00. The molecular weight excluding hydrogens is 300 g/mol. The van der Waals surface area contributed by atoms with Crippen LogP contribution < -0.4 is 11.2 Å². The van der Waals surface area contributed by atoms with Crippen LogP contribution in [0, 0.1) is 0 Å². The predicted octanol–water partition coefficient (Wildman–Crippen LogP) is 1.94. The Hall–Kier alpha value is -1.30. The number of pyridine rings is 1. The van der Waals surface area contributed by atoms with Crippen molar-refractivity contribution in [2.24, 2.45) is 0 Å².